The van der Waals surface area contributed by atoms with E-state index in [1.165, 1.54) is 19.8 Å². The van der Waals surface area contributed by atoms with Gasteiger partial charge in [0.05, 0.1) is 24.9 Å². The Bertz CT molecular complexity index is 540. The summed E-state index contributed by atoms with van der Waals surface area (Å²) in [5.74, 6) is 0.331. The van der Waals surface area contributed by atoms with Gasteiger partial charge < -0.3 is 14.5 Å². The number of methoxy groups -OCH3 is 1. The molecule has 0 radical (unpaired) electrons. The van der Waals surface area contributed by atoms with Crippen LogP contribution in [0.1, 0.15) is 5.69 Å². The molecule has 5 nitrogen and oxygen atoms in total. The average Bonchev–Trinajstić information content (AvgIpc) is 2.82. The summed E-state index contributed by atoms with van der Waals surface area (Å²) < 4.78 is 9.92. The summed E-state index contributed by atoms with van der Waals surface area (Å²) in [6.07, 6.45) is 2.84. The highest BCUT2D eigenvalue weighted by Gasteiger charge is 2.10. The van der Waals surface area contributed by atoms with Crippen LogP contribution in [0, 0.1) is 0 Å². The Morgan fingerprint density at radius 2 is 2.39 bits per heavy atom. The number of hydrogen-bond acceptors (Lipinski definition) is 4. The predicted octanol–water partition coefficient (Wildman–Crippen LogP) is 2.52. The number of carbonyl (C=O) groups is 1. The van der Waals surface area contributed by atoms with Crippen LogP contribution in [0.15, 0.2) is 35.3 Å². The van der Waals surface area contributed by atoms with Gasteiger partial charge in [-0.15, -0.1) is 0 Å². The number of hydrogen-bond donors (Lipinski definition) is 1. The number of nitrogens with one attached hydrogen (secondary N) is 1. The first-order valence-corrected chi connectivity index (χ1v) is 5.57. The van der Waals surface area contributed by atoms with Crippen molar-refractivity contribution in [1.82, 2.24) is 4.98 Å². The molecule has 0 saturated carbocycles. The smallest absolute Gasteiger partial charge is 0.230 e. The quantitative estimate of drug-likeness (QED) is 0.923. The molecule has 1 N–H and O–H groups in total. The van der Waals surface area contributed by atoms with E-state index in [4.69, 9.17) is 20.8 Å². The molecule has 0 aliphatic heterocycles. The molecule has 0 unspecified atom stereocenters. The Kier molecular flexibility index (Phi) is 3.84. The molecule has 1 aromatic heterocycles. The molecule has 0 atom stereocenters. The van der Waals surface area contributed by atoms with Gasteiger partial charge in [0.25, 0.3) is 0 Å². The van der Waals surface area contributed by atoms with E-state index in [9.17, 15) is 4.79 Å². The molecule has 18 heavy (non-hydrogen) atoms. The lowest BCUT2D eigenvalue weighted by Crippen LogP contribution is -2.15. The molecule has 0 bridgehead atoms. The molecule has 2 rings (SSSR count). The Labute approximate surface area is 109 Å². The number of ether oxygens (including phenoxy) is 1. The fourth-order valence-corrected chi connectivity index (χ4v) is 1.63. The molecule has 0 spiro atoms. The van der Waals surface area contributed by atoms with E-state index in [0.717, 1.165) is 0 Å². The van der Waals surface area contributed by atoms with Crippen molar-refractivity contribution >= 4 is 23.2 Å². The third-order valence-corrected chi connectivity index (χ3v) is 2.50. The molecule has 1 heterocycles. The van der Waals surface area contributed by atoms with Crippen LogP contribution in [0.2, 0.25) is 5.02 Å². The molecule has 2 aromatic rings. The zero-order valence-corrected chi connectivity index (χ0v) is 10.4. The summed E-state index contributed by atoms with van der Waals surface area (Å²) in [4.78, 5) is 15.6. The van der Waals surface area contributed by atoms with Gasteiger partial charge in [0.2, 0.25) is 5.91 Å². The minimum Gasteiger partial charge on any atom is -0.495 e. The van der Waals surface area contributed by atoms with Crippen LogP contribution >= 0.6 is 11.6 Å². The van der Waals surface area contributed by atoms with Crippen molar-refractivity contribution in [3.8, 4) is 5.75 Å². The number of benzene rings is 1. The van der Waals surface area contributed by atoms with Gasteiger partial charge in [-0.1, -0.05) is 11.6 Å². The van der Waals surface area contributed by atoms with Crippen LogP contribution in [-0.4, -0.2) is 18.0 Å². The molecule has 6 heteroatoms. The molecule has 0 saturated heterocycles. The van der Waals surface area contributed by atoms with E-state index in [0.29, 0.717) is 22.2 Å². The van der Waals surface area contributed by atoms with Crippen molar-refractivity contribution in [2.45, 2.75) is 6.42 Å². The van der Waals surface area contributed by atoms with Crippen molar-refractivity contribution in [2.24, 2.45) is 0 Å². The van der Waals surface area contributed by atoms with E-state index < -0.39 is 0 Å². The number of aromatic nitrogens is 1. The van der Waals surface area contributed by atoms with Gasteiger partial charge in [0.15, 0.2) is 6.39 Å². The maximum Gasteiger partial charge on any atom is 0.230 e. The standard InChI is InChI=1S/C12H11ClN2O3/c1-17-11-3-2-8(13)4-10(11)15-12(16)5-9-6-18-7-14-9/h2-4,6-7H,5H2,1H3,(H,15,16). The van der Waals surface area contributed by atoms with Crippen LogP contribution in [0.3, 0.4) is 0 Å². The monoisotopic (exact) mass is 266 g/mol. The summed E-state index contributed by atoms with van der Waals surface area (Å²) in [5.41, 5.74) is 1.09. The van der Waals surface area contributed by atoms with Gasteiger partial charge >= 0.3 is 0 Å². The average molecular weight is 267 g/mol. The zero-order valence-electron chi connectivity index (χ0n) is 9.64. The van der Waals surface area contributed by atoms with E-state index in [2.05, 4.69) is 10.3 Å². The van der Waals surface area contributed by atoms with Gasteiger partial charge in [-0.3, -0.25) is 4.79 Å². The Morgan fingerprint density at radius 3 is 3.06 bits per heavy atom. The van der Waals surface area contributed by atoms with Gasteiger partial charge in [-0.05, 0) is 18.2 Å². The van der Waals surface area contributed by atoms with Crippen LogP contribution < -0.4 is 10.1 Å². The molecule has 1 amide bonds. The lowest BCUT2D eigenvalue weighted by molar-refractivity contribution is -0.115. The highest BCUT2D eigenvalue weighted by molar-refractivity contribution is 6.31. The van der Waals surface area contributed by atoms with Crippen molar-refractivity contribution in [3.63, 3.8) is 0 Å². The first kappa shape index (κ1) is 12.4. The molecule has 1 aromatic carbocycles. The largest absolute Gasteiger partial charge is 0.495 e. The third-order valence-electron chi connectivity index (χ3n) is 2.26. The molecular weight excluding hydrogens is 256 g/mol. The van der Waals surface area contributed by atoms with Gasteiger partial charge in [0, 0.05) is 5.02 Å². The molecule has 94 valence electrons. The molecule has 0 fully saturated rings. The Hall–Kier alpha value is -2.01. The van der Waals surface area contributed by atoms with Gasteiger partial charge in [0.1, 0.15) is 12.0 Å². The summed E-state index contributed by atoms with van der Waals surface area (Å²) in [6, 6.07) is 5.00. The number of anilines is 1. The number of carbonyl (C=O) groups excluding carboxylic acids is 1. The molecule has 0 aliphatic rings. The second-order valence-electron chi connectivity index (χ2n) is 3.55. The zero-order chi connectivity index (χ0) is 13.0. The lowest BCUT2D eigenvalue weighted by Gasteiger charge is -2.09. The van der Waals surface area contributed by atoms with Crippen molar-refractivity contribution < 1.29 is 13.9 Å². The van der Waals surface area contributed by atoms with Crippen LogP contribution in [0.4, 0.5) is 5.69 Å². The number of halogens is 1. The normalized spacial score (nSPS) is 10.1. The summed E-state index contributed by atoms with van der Waals surface area (Å²) in [7, 11) is 1.52. The first-order chi connectivity index (χ1) is 8.69. The maximum absolute atomic E-state index is 11.8. The highest BCUT2D eigenvalue weighted by atomic mass is 35.5. The van der Waals surface area contributed by atoms with Crippen molar-refractivity contribution in [1.29, 1.82) is 0 Å². The van der Waals surface area contributed by atoms with Crippen molar-refractivity contribution in [2.75, 3.05) is 12.4 Å². The Balaban J connectivity index is 2.08. The van der Waals surface area contributed by atoms with Gasteiger partial charge in [-0.2, -0.15) is 0 Å². The van der Waals surface area contributed by atoms with Gasteiger partial charge in [-0.25, -0.2) is 4.98 Å². The minimum atomic E-state index is -0.218. The van der Waals surface area contributed by atoms with E-state index in [-0.39, 0.29) is 12.3 Å². The summed E-state index contributed by atoms with van der Waals surface area (Å²) in [5, 5.41) is 3.23. The molecule has 0 aliphatic carbocycles. The van der Waals surface area contributed by atoms with Crippen LogP contribution in [0.25, 0.3) is 0 Å². The second kappa shape index (κ2) is 5.55. The fraction of sp³-hybridized carbons (Fsp3) is 0.167. The van der Waals surface area contributed by atoms with E-state index in [1.807, 2.05) is 0 Å². The lowest BCUT2D eigenvalue weighted by atomic mass is 10.2. The first-order valence-electron chi connectivity index (χ1n) is 5.19. The van der Waals surface area contributed by atoms with Crippen LogP contribution in [0.5, 0.6) is 5.75 Å². The number of rotatable bonds is 4. The summed E-state index contributed by atoms with van der Waals surface area (Å²) in [6.45, 7) is 0. The number of oxazole rings is 1. The topological polar surface area (TPSA) is 64.4 Å². The summed E-state index contributed by atoms with van der Waals surface area (Å²) >= 11 is 5.87. The SMILES string of the molecule is COc1ccc(Cl)cc1NC(=O)Cc1cocn1. The number of amides is 1. The third kappa shape index (κ3) is 3.01. The Morgan fingerprint density at radius 1 is 1.56 bits per heavy atom. The van der Waals surface area contributed by atoms with Crippen molar-refractivity contribution in [3.05, 3.63) is 41.6 Å². The van der Waals surface area contributed by atoms with E-state index in [1.54, 1.807) is 18.2 Å². The van der Waals surface area contributed by atoms with Crippen LogP contribution in [-0.2, 0) is 11.2 Å². The molecular formula is C12H11ClN2O3. The number of nitrogens with zero attached hydrogens (tertiary/aromatic N) is 1. The second-order valence-corrected chi connectivity index (χ2v) is 3.99. The maximum atomic E-state index is 11.8. The minimum absolute atomic E-state index is 0.131. The fourth-order valence-electron chi connectivity index (χ4n) is 1.46. The highest BCUT2D eigenvalue weighted by Crippen LogP contribution is 2.27. The predicted molar refractivity (Wildman–Crippen MR) is 66.8 cm³/mol. The van der Waals surface area contributed by atoms with E-state index >= 15 is 0 Å².